The van der Waals surface area contributed by atoms with Crippen LogP contribution in [-0.2, 0) is 0 Å². The molecule has 0 aromatic carbocycles. The lowest BCUT2D eigenvalue weighted by molar-refractivity contribution is -0.784. The maximum Gasteiger partial charge on any atom is 0.329 e. The summed E-state index contributed by atoms with van der Waals surface area (Å²) in [6.07, 6.45) is 23.4. The zero-order valence-corrected chi connectivity index (χ0v) is 19.0. The lowest BCUT2D eigenvalue weighted by atomic mass is 10.0. The van der Waals surface area contributed by atoms with E-state index >= 15 is 0 Å². The highest BCUT2D eigenvalue weighted by Crippen LogP contribution is 2.14. The molecule has 0 unspecified atom stereocenters. The van der Waals surface area contributed by atoms with Crippen molar-refractivity contribution in [1.82, 2.24) is 0 Å². The molecular formula is C22H49NSi+. The lowest BCUT2D eigenvalue weighted by Crippen LogP contribution is -2.49. The van der Waals surface area contributed by atoms with Gasteiger partial charge in [0.15, 0.2) is 0 Å². The first-order valence-corrected chi connectivity index (χ1v) is 13.6. The first-order valence-electron chi connectivity index (χ1n) is 11.1. The molecule has 0 fully saturated rings. The zero-order valence-electron chi connectivity index (χ0n) is 18.0. The highest BCUT2D eigenvalue weighted by atomic mass is 28.3. The number of unbranched alkanes of at least 4 members (excludes halogenated alkanes) is 15. The largest absolute Gasteiger partial charge is 0.387 e. The van der Waals surface area contributed by atoms with Crippen LogP contribution in [0.2, 0.25) is 13.1 Å². The highest BCUT2D eigenvalue weighted by Gasteiger charge is 2.22. The molecule has 0 aliphatic rings. The normalized spacial score (nSPS) is 12.2. The van der Waals surface area contributed by atoms with Crippen LogP contribution in [0.3, 0.4) is 0 Å². The van der Waals surface area contributed by atoms with E-state index in [1.54, 1.807) is 0 Å². The van der Waals surface area contributed by atoms with E-state index in [9.17, 15) is 0 Å². The maximum absolute atomic E-state index is 2.44. The first-order chi connectivity index (χ1) is 11.5. The van der Waals surface area contributed by atoms with Gasteiger partial charge in [0.05, 0.1) is 20.6 Å². The van der Waals surface area contributed by atoms with Gasteiger partial charge in [-0.3, -0.25) is 0 Å². The fourth-order valence-electron chi connectivity index (χ4n) is 3.28. The fraction of sp³-hybridized carbons (Fsp3) is 1.00. The third kappa shape index (κ3) is 15.7. The van der Waals surface area contributed by atoms with E-state index in [0.717, 1.165) is 0 Å². The smallest absolute Gasteiger partial charge is 0.329 e. The van der Waals surface area contributed by atoms with Crippen LogP contribution in [0.1, 0.15) is 110 Å². The Kier molecular flexibility index (Phi) is 16.8. The summed E-state index contributed by atoms with van der Waals surface area (Å²) in [6, 6.07) is 0. The second-order valence-electron chi connectivity index (χ2n) is 8.66. The third-order valence-corrected chi connectivity index (χ3v) is 8.43. The molecule has 0 bridgehead atoms. The molecular weight excluding hydrogens is 306 g/mol. The first kappa shape index (κ1) is 24.2. The molecule has 0 aliphatic heterocycles. The summed E-state index contributed by atoms with van der Waals surface area (Å²) in [4.78, 5) is 0. The van der Waals surface area contributed by atoms with Crippen molar-refractivity contribution in [1.29, 1.82) is 0 Å². The quantitative estimate of drug-likeness (QED) is 0.176. The van der Waals surface area contributed by atoms with Crippen LogP contribution in [0.25, 0.3) is 0 Å². The maximum atomic E-state index is 2.44. The van der Waals surface area contributed by atoms with Gasteiger partial charge in [0.2, 0.25) is 0 Å². The van der Waals surface area contributed by atoms with Crippen molar-refractivity contribution in [3.63, 3.8) is 0 Å². The molecule has 0 N–H and O–H groups in total. The molecule has 0 rings (SSSR count). The molecule has 24 heavy (non-hydrogen) atoms. The second-order valence-corrected chi connectivity index (χ2v) is 11.8. The molecule has 0 atom stereocenters. The van der Waals surface area contributed by atoms with E-state index in [0.29, 0.717) is 0 Å². The number of hydrogen-bond acceptors (Lipinski definition) is 0. The van der Waals surface area contributed by atoms with E-state index in [-0.39, 0.29) is 8.96 Å². The van der Waals surface area contributed by atoms with E-state index in [4.69, 9.17) is 0 Å². The Balaban J connectivity index is 3.13. The Labute approximate surface area is 156 Å². The van der Waals surface area contributed by atoms with Crippen molar-refractivity contribution < 1.29 is 4.15 Å². The summed E-state index contributed by atoms with van der Waals surface area (Å²) in [5.74, 6) is 0. The molecule has 1 radical (unpaired) electrons. The van der Waals surface area contributed by atoms with Gasteiger partial charge in [-0.2, -0.15) is 0 Å². The molecule has 0 saturated heterocycles. The molecule has 2 heteroatoms. The van der Waals surface area contributed by atoms with Crippen LogP contribution >= 0.6 is 0 Å². The molecule has 0 amide bonds. The highest BCUT2D eigenvalue weighted by molar-refractivity contribution is 6.47. The number of hydrogen-bond donors (Lipinski definition) is 0. The van der Waals surface area contributed by atoms with Gasteiger partial charge in [0.1, 0.15) is 0 Å². The predicted octanol–water partition coefficient (Wildman–Crippen LogP) is 7.58. The average molecular weight is 356 g/mol. The minimum atomic E-state index is -0.193. The monoisotopic (exact) mass is 355 g/mol. The van der Waals surface area contributed by atoms with Crippen LogP contribution in [0.4, 0.5) is 0 Å². The lowest BCUT2D eigenvalue weighted by Gasteiger charge is -2.33. The SMILES string of the molecule is CCCCCCCCCCCCCCCCCC[N+](C)(C)[Si](C)C. The van der Waals surface area contributed by atoms with Gasteiger partial charge in [-0.05, 0) is 25.9 Å². The predicted molar refractivity (Wildman–Crippen MR) is 114 cm³/mol. The molecule has 1 nitrogen and oxygen atoms in total. The summed E-state index contributed by atoms with van der Waals surface area (Å²) in [5.41, 5.74) is 0. The standard InChI is InChI=1S/C22H49NSi/c1-6-7-8-9-10-11-12-13-14-15-16-17-18-19-20-21-22-23(2,3)24(4)5/h6-22H2,1-5H3/q+1. The van der Waals surface area contributed by atoms with Crippen LogP contribution < -0.4 is 0 Å². The molecule has 0 aliphatic carbocycles. The summed E-state index contributed by atoms with van der Waals surface area (Å²) in [6.45, 7) is 8.57. The second kappa shape index (κ2) is 16.6. The van der Waals surface area contributed by atoms with Gasteiger partial charge < -0.3 is 4.15 Å². The van der Waals surface area contributed by atoms with Gasteiger partial charge in [-0.1, -0.05) is 96.8 Å². The number of quaternary nitrogens is 1. The Morgan fingerprint density at radius 2 is 0.792 bits per heavy atom. The van der Waals surface area contributed by atoms with Crippen molar-refractivity contribution in [2.45, 2.75) is 123 Å². The third-order valence-electron chi connectivity index (χ3n) is 5.78. The van der Waals surface area contributed by atoms with Crippen molar-refractivity contribution >= 4 is 8.96 Å². The van der Waals surface area contributed by atoms with E-state index in [2.05, 4.69) is 34.1 Å². The summed E-state index contributed by atoms with van der Waals surface area (Å²) < 4.78 is 1.28. The summed E-state index contributed by atoms with van der Waals surface area (Å²) in [5, 5.41) is 0. The van der Waals surface area contributed by atoms with Crippen LogP contribution in [0.15, 0.2) is 0 Å². The van der Waals surface area contributed by atoms with E-state index < -0.39 is 0 Å². The van der Waals surface area contributed by atoms with Crippen molar-refractivity contribution in [3.05, 3.63) is 0 Å². The topological polar surface area (TPSA) is 0 Å². The van der Waals surface area contributed by atoms with Crippen LogP contribution in [0, 0.1) is 0 Å². The Hall–Kier alpha value is 0.177. The van der Waals surface area contributed by atoms with Crippen molar-refractivity contribution in [3.8, 4) is 0 Å². The summed E-state index contributed by atoms with van der Waals surface area (Å²) >= 11 is 0. The fourth-order valence-corrected chi connectivity index (χ4v) is 3.88. The minimum absolute atomic E-state index is 0.193. The Morgan fingerprint density at radius 3 is 1.08 bits per heavy atom. The van der Waals surface area contributed by atoms with Gasteiger partial charge >= 0.3 is 8.96 Å². The summed E-state index contributed by atoms with van der Waals surface area (Å²) in [7, 11) is 4.64. The van der Waals surface area contributed by atoms with Crippen molar-refractivity contribution in [2.75, 3.05) is 20.6 Å². The Bertz CT molecular complexity index is 250. The van der Waals surface area contributed by atoms with Gasteiger partial charge in [-0.15, -0.1) is 0 Å². The van der Waals surface area contributed by atoms with Crippen LogP contribution in [0.5, 0.6) is 0 Å². The van der Waals surface area contributed by atoms with Crippen LogP contribution in [-0.4, -0.2) is 33.7 Å². The van der Waals surface area contributed by atoms with Gasteiger partial charge in [0, 0.05) is 0 Å². The van der Waals surface area contributed by atoms with Crippen molar-refractivity contribution in [2.24, 2.45) is 0 Å². The Morgan fingerprint density at radius 1 is 0.500 bits per heavy atom. The average Bonchev–Trinajstić information content (AvgIpc) is 2.54. The molecule has 0 spiro atoms. The van der Waals surface area contributed by atoms with Gasteiger partial charge in [-0.25, -0.2) is 0 Å². The zero-order chi connectivity index (χ0) is 18.1. The number of nitrogens with zero attached hydrogens (tertiary/aromatic N) is 1. The van der Waals surface area contributed by atoms with E-state index in [1.807, 2.05) is 0 Å². The molecule has 0 aromatic rings. The molecule has 0 saturated carbocycles. The molecule has 145 valence electrons. The molecule has 0 aromatic heterocycles. The molecule has 0 heterocycles. The van der Waals surface area contributed by atoms with E-state index in [1.165, 1.54) is 113 Å². The van der Waals surface area contributed by atoms with Gasteiger partial charge in [0.25, 0.3) is 0 Å². The number of rotatable bonds is 18. The minimum Gasteiger partial charge on any atom is -0.387 e.